The molecule has 0 spiro atoms. The van der Waals surface area contributed by atoms with Crippen LogP contribution in [0.2, 0.25) is 0 Å². The first-order chi connectivity index (χ1) is 4.20. The first-order valence-corrected chi connectivity index (χ1v) is 3.16. The van der Waals surface area contributed by atoms with E-state index in [9.17, 15) is 9.36 Å². The van der Waals surface area contributed by atoms with Gasteiger partial charge >= 0.3 is 14.2 Å². The fourth-order valence-corrected chi connectivity index (χ4v) is 0.444. The lowest BCUT2D eigenvalue weighted by molar-refractivity contribution is -0.129. The third kappa shape index (κ3) is 3.82. The summed E-state index contributed by atoms with van der Waals surface area (Å²) in [5, 5.41) is 0. The van der Waals surface area contributed by atoms with Crippen LogP contribution in [0.4, 0.5) is 0 Å². The van der Waals surface area contributed by atoms with Crippen molar-refractivity contribution in [2.24, 2.45) is 0 Å². The molecule has 0 aliphatic rings. The second-order valence-electron chi connectivity index (χ2n) is 1.02. The topological polar surface area (TPSA) is 52.6 Å². The minimum Gasteiger partial charge on any atom is -0.241 e. The minimum atomic E-state index is -2.29. The largest absolute Gasteiger partial charge is 0.753 e. The molecule has 4 nitrogen and oxygen atoms in total. The van der Waals surface area contributed by atoms with E-state index in [4.69, 9.17) is 0 Å². The van der Waals surface area contributed by atoms with Gasteiger partial charge in [0.15, 0.2) is 0 Å². The van der Waals surface area contributed by atoms with Gasteiger partial charge in [-0.25, -0.2) is 4.79 Å². The summed E-state index contributed by atoms with van der Waals surface area (Å²) in [4.78, 5) is 10.2. The fourth-order valence-electron chi connectivity index (χ4n) is 0.148. The van der Waals surface area contributed by atoms with E-state index in [-0.39, 0.29) is 0 Å². The molecular formula is C4H6O4P+. The van der Waals surface area contributed by atoms with Gasteiger partial charge < -0.3 is 0 Å². The van der Waals surface area contributed by atoms with Gasteiger partial charge in [-0.3, -0.25) is 0 Å². The van der Waals surface area contributed by atoms with Crippen molar-refractivity contribution < 1.29 is 18.4 Å². The first kappa shape index (κ1) is 8.27. The second kappa shape index (κ2) is 4.18. The standard InChI is InChI=1S/C4H6O4P/c1-3-4(5)8-9(6)7-2/h3H,1H2,2H3/q+1. The fraction of sp³-hybridized carbons (Fsp3) is 0.250. The van der Waals surface area contributed by atoms with E-state index in [0.717, 1.165) is 6.08 Å². The van der Waals surface area contributed by atoms with Gasteiger partial charge in [-0.2, -0.15) is 4.52 Å². The summed E-state index contributed by atoms with van der Waals surface area (Å²) < 4.78 is 18.4. The predicted molar refractivity (Wildman–Crippen MR) is 30.9 cm³/mol. The van der Waals surface area contributed by atoms with E-state index in [0.29, 0.717) is 0 Å². The van der Waals surface area contributed by atoms with Crippen LogP contribution < -0.4 is 0 Å². The molecule has 0 N–H and O–H groups in total. The Kier molecular flexibility index (Phi) is 3.84. The van der Waals surface area contributed by atoms with Gasteiger partial charge in [0, 0.05) is 10.6 Å². The van der Waals surface area contributed by atoms with E-state index in [1.807, 2.05) is 0 Å². The summed E-state index contributed by atoms with van der Waals surface area (Å²) in [6.45, 7) is 3.09. The zero-order chi connectivity index (χ0) is 7.28. The van der Waals surface area contributed by atoms with Crippen LogP contribution in [0.15, 0.2) is 12.7 Å². The normalized spacial score (nSPS) is 10.1. The van der Waals surface area contributed by atoms with Crippen LogP contribution in [-0.2, 0) is 18.4 Å². The zero-order valence-corrected chi connectivity index (χ0v) is 5.76. The van der Waals surface area contributed by atoms with Crippen molar-refractivity contribution in [1.82, 2.24) is 0 Å². The lowest BCUT2D eigenvalue weighted by Crippen LogP contribution is -1.91. The number of hydrogen-bond donors (Lipinski definition) is 0. The molecule has 0 aromatic rings. The maximum Gasteiger partial charge on any atom is 0.753 e. The van der Waals surface area contributed by atoms with Crippen molar-refractivity contribution >= 4 is 14.2 Å². The summed E-state index contributed by atoms with van der Waals surface area (Å²) in [6, 6.07) is 0. The molecule has 0 amide bonds. The lowest BCUT2D eigenvalue weighted by atomic mass is 10.7. The molecule has 0 heterocycles. The Bertz CT molecular complexity index is 142. The molecular weight excluding hydrogens is 143 g/mol. The molecule has 0 radical (unpaired) electrons. The molecule has 0 fully saturated rings. The second-order valence-corrected chi connectivity index (χ2v) is 2.02. The van der Waals surface area contributed by atoms with E-state index in [1.54, 1.807) is 0 Å². The smallest absolute Gasteiger partial charge is 0.241 e. The van der Waals surface area contributed by atoms with Crippen molar-refractivity contribution in [3.63, 3.8) is 0 Å². The van der Waals surface area contributed by atoms with Crippen molar-refractivity contribution in [3.05, 3.63) is 12.7 Å². The summed E-state index contributed by atoms with van der Waals surface area (Å²) in [5.41, 5.74) is 0. The minimum absolute atomic E-state index is 0.752. The lowest BCUT2D eigenvalue weighted by Gasteiger charge is -1.77. The summed E-state index contributed by atoms with van der Waals surface area (Å²) in [7, 11) is -1.12. The highest BCUT2D eigenvalue weighted by molar-refractivity contribution is 7.34. The Morgan fingerprint density at radius 1 is 1.78 bits per heavy atom. The van der Waals surface area contributed by atoms with Crippen molar-refractivity contribution in [2.75, 3.05) is 7.11 Å². The predicted octanol–water partition coefficient (Wildman–Crippen LogP) is 1.02. The summed E-state index contributed by atoms with van der Waals surface area (Å²) in [5.74, 6) is -0.752. The molecule has 5 heteroatoms. The average Bonchev–Trinajstić information content (AvgIpc) is 1.87. The van der Waals surface area contributed by atoms with Crippen LogP contribution in [0.3, 0.4) is 0 Å². The Morgan fingerprint density at radius 3 is 2.67 bits per heavy atom. The van der Waals surface area contributed by atoms with Crippen LogP contribution >= 0.6 is 8.25 Å². The van der Waals surface area contributed by atoms with Crippen LogP contribution in [0, 0.1) is 0 Å². The van der Waals surface area contributed by atoms with Crippen LogP contribution in [0.25, 0.3) is 0 Å². The van der Waals surface area contributed by atoms with Gasteiger partial charge in [-0.05, 0) is 0 Å². The van der Waals surface area contributed by atoms with Gasteiger partial charge in [0.05, 0.1) is 7.11 Å². The van der Waals surface area contributed by atoms with Gasteiger partial charge in [0.2, 0.25) is 0 Å². The van der Waals surface area contributed by atoms with Gasteiger partial charge in [-0.15, -0.1) is 4.52 Å². The SMILES string of the molecule is C=CC(=O)O[P+](=O)OC. The molecule has 0 saturated heterocycles. The van der Waals surface area contributed by atoms with Gasteiger partial charge in [-0.1, -0.05) is 6.58 Å². The van der Waals surface area contributed by atoms with Crippen molar-refractivity contribution in [3.8, 4) is 0 Å². The molecule has 0 aromatic heterocycles. The molecule has 0 rings (SSSR count). The maximum absolute atomic E-state index is 10.2. The van der Waals surface area contributed by atoms with E-state index in [1.165, 1.54) is 7.11 Å². The van der Waals surface area contributed by atoms with Crippen LogP contribution in [0.5, 0.6) is 0 Å². The third-order valence-corrected chi connectivity index (χ3v) is 1.11. The van der Waals surface area contributed by atoms with Crippen LogP contribution in [-0.4, -0.2) is 13.1 Å². The van der Waals surface area contributed by atoms with Crippen LogP contribution in [0.1, 0.15) is 0 Å². The highest BCUT2D eigenvalue weighted by Gasteiger charge is 2.21. The Morgan fingerprint density at radius 2 is 2.33 bits per heavy atom. The number of carbonyl (C=O) groups excluding carboxylic acids is 1. The quantitative estimate of drug-likeness (QED) is 0.444. The van der Waals surface area contributed by atoms with E-state index >= 15 is 0 Å². The average molecular weight is 149 g/mol. The Labute approximate surface area is 53.4 Å². The Balaban J connectivity index is 3.59. The van der Waals surface area contributed by atoms with Gasteiger partial charge in [0.25, 0.3) is 0 Å². The molecule has 0 aliphatic carbocycles. The third-order valence-electron chi connectivity index (χ3n) is 0.480. The maximum atomic E-state index is 10.2. The molecule has 50 valence electrons. The van der Waals surface area contributed by atoms with Crippen molar-refractivity contribution in [1.29, 1.82) is 0 Å². The highest BCUT2D eigenvalue weighted by Crippen LogP contribution is 2.21. The number of rotatable bonds is 3. The monoisotopic (exact) mass is 149 g/mol. The molecule has 0 saturated carbocycles. The zero-order valence-electron chi connectivity index (χ0n) is 4.86. The van der Waals surface area contributed by atoms with Gasteiger partial charge in [0.1, 0.15) is 0 Å². The van der Waals surface area contributed by atoms with Crippen molar-refractivity contribution in [2.45, 2.75) is 0 Å². The van der Waals surface area contributed by atoms with E-state index < -0.39 is 14.2 Å². The van der Waals surface area contributed by atoms with E-state index in [2.05, 4.69) is 15.6 Å². The first-order valence-electron chi connectivity index (χ1n) is 2.06. The molecule has 9 heavy (non-hydrogen) atoms. The molecule has 1 unspecified atom stereocenters. The highest BCUT2D eigenvalue weighted by atomic mass is 31.1. The molecule has 1 atom stereocenters. The Hall–Kier alpha value is -0.730. The summed E-state index contributed by atoms with van der Waals surface area (Å²) >= 11 is 0. The molecule has 0 aliphatic heterocycles. The summed E-state index contributed by atoms with van der Waals surface area (Å²) in [6.07, 6.45) is 0.909. The number of carbonyl (C=O) groups is 1. The number of hydrogen-bond acceptors (Lipinski definition) is 4. The molecule has 0 aromatic carbocycles. The molecule has 0 bridgehead atoms.